The number of carbonyl (C=O) groups is 1. The predicted molar refractivity (Wildman–Crippen MR) is 80.9 cm³/mol. The summed E-state index contributed by atoms with van der Waals surface area (Å²) in [6.45, 7) is 4.36. The Hall–Kier alpha value is -1.17. The molecule has 1 saturated heterocycles. The molecule has 21 heavy (non-hydrogen) atoms. The van der Waals surface area contributed by atoms with Crippen molar-refractivity contribution in [2.24, 2.45) is 0 Å². The van der Waals surface area contributed by atoms with Gasteiger partial charge in [-0.2, -0.15) is 0 Å². The van der Waals surface area contributed by atoms with E-state index in [9.17, 15) is 14.3 Å². The van der Waals surface area contributed by atoms with Gasteiger partial charge >= 0.3 is 0 Å². The fourth-order valence-corrected chi connectivity index (χ4v) is 2.95. The highest BCUT2D eigenvalue weighted by atomic mass is 35.5. The number of halogens is 2. The van der Waals surface area contributed by atoms with Gasteiger partial charge in [0.25, 0.3) is 0 Å². The molecule has 0 bridgehead atoms. The number of rotatable bonds is 4. The second kappa shape index (κ2) is 6.30. The number of likely N-dealkylation sites (tertiary alicyclic amines) is 1. The van der Waals surface area contributed by atoms with Crippen LogP contribution in [0.3, 0.4) is 0 Å². The molecule has 6 heteroatoms. The summed E-state index contributed by atoms with van der Waals surface area (Å²) in [7, 11) is 0. The van der Waals surface area contributed by atoms with E-state index in [0.29, 0.717) is 5.02 Å². The van der Waals surface area contributed by atoms with E-state index in [1.54, 1.807) is 13.8 Å². The van der Waals surface area contributed by atoms with E-state index in [0.717, 1.165) is 19.4 Å². The predicted octanol–water partition coefficient (Wildman–Crippen LogP) is 2.65. The van der Waals surface area contributed by atoms with Crippen molar-refractivity contribution in [1.29, 1.82) is 0 Å². The second-order valence-electron chi connectivity index (χ2n) is 5.95. The Morgan fingerprint density at radius 3 is 2.95 bits per heavy atom. The van der Waals surface area contributed by atoms with E-state index >= 15 is 0 Å². The highest BCUT2D eigenvalue weighted by molar-refractivity contribution is 6.30. The molecule has 2 N–H and O–H groups in total. The van der Waals surface area contributed by atoms with E-state index in [2.05, 4.69) is 5.32 Å². The average Bonchev–Trinajstić information content (AvgIpc) is 2.81. The summed E-state index contributed by atoms with van der Waals surface area (Å²) in [4.78, 5) is 14.0. The monoisotopic (exact) mass is 314 g/mol. The molecule has 0 saturated carbocycles. The van der Waals surface area contributed by atoms with Crippen LogP contribution >= 0.6 is 11.6 Å². The van der Waals surface area contributed by atoms with E-state index in [1.165, 1.54) is 18.2 Å². The lowest BCUT2D eigenvalue weighted by Crippen LogP contribution is -2.48. The van der Waals surface area contributed by atoms with Crippen molar-refractivity contribution in [2.75, 3.05) is 18.4 Å². The summed E-state index contributed by atoms with van der Waals surface area (Å²) in [6, 6.07) is 3.96. The zero-order valence-electron chi connectivity index (χ0n) is 12.2. The Bertz CT molecular complexity index is 531. The third-order valence-corrected chi connectivity index (χ3v) is 3.96. The molecule has 2 rings (SSSR count). The molecule has 1 aliphatic heterocycles. The molecule has 1 aromatic rings. The molecule has 0 radical (unpaired) electrons. The third kappa shape index (κ3) is 4.15. The molecular weight excluding hydrogens is 295 g/mol. The van der Waals surface area contributed by atoms with Gasteiger partial charge in [0, 0.05) is 11.1 Å². The maximum Gasteiger partial charge on any atom is 0.238 e. The van der Waals surface area contributed by atoms with Crippen LogP contribution in [0.4, 0.5) is 10.1 Å². The fraction of sp³-hybridized carbons (Fsp3) is 0.533. The van der Waals surface area contributed by atoms with Crippen LogP contribution in [0.5, 0.6) is 0 Å². The van der Waals surface area contributed by atoms with Crippen LogP contribution in [0.15, 0.2) is 18.2 Å². The van der Waals surface area contributed by atoms with Crippen LogP contribution in [-0.2, 0) is 4.79 Å². The summed E-state index contributed by atoms with van der Waals surface area (Å²) >= 11 is 5.79. The number of hydrogen-bond acceptors (Lipinski definition) is 3. The van der Waals surface area contributed by atoms with E-state index < -0.39 is 11.4 Å². The van der Waals surface area contributed by atoms with Gasteiger partial charge in [0.15, 0.2) is 0 Å². The van der Waals surface area contributed by atoms with Crippen molar-refractivity contribution >= 4 is 23.2 Å². The Labute approximate surface area is 128 Å². The number of nitrogens with one attached hydrogen (secondary N) is 1. The van der Waals surface area contributed by atoms with Gasteiger partial charge in [-0.25, -0.2) is 4.39 Å². The van der Waals surface area contributed by atoms with E-state index in [-0.39, 0.29) is 24.2 Å². The fourth-order valence-electron chi connectivity index (χ4n) is 2.78. The number of hydrogen-bond donors (Lipinski definition) is 2. The molecule has 1 amide bonds. The summed E-state index contributed by atoms with van der Waals surface area (Å²) in [5, 5.41) is 13.0. The van der Waals surface area contributed by atoms with Gasteiger partial charge in [-0.15, -0.1) is 0 Å². The summed E-state index contributed by atoms with van der Waals surface area (Å²) in [5.74, 6) is -0.833. The minimum atomic E-state index is -0.863. The van der Waals surface area contributed by atoms with Crippen LogP contribution in [0.25, 0.3) is 0 Å². The molecule has 0 aliphatic carbocycles. The Balaban J connectivity index is 2.00. The molecule has 1 unspecified atom stereocenters. The quantitative estimate of drug-likeness (QED) is 0.898. The van der Waals surface area contributed by atoms with Crippen molar-refractivity contribution < 1.29 is 14.3 Å². The third-order valence-electron chi connectivity index (χ3n) is 3.73. The topological polar surface area (TPSA) is 52.6 Å². The molecule has 1 heterocycles. The maximum absolute atomic E-state index is 13.6. The summed E-state index contributed by atoms with van der Waals surface area (Å²) < 4.78 is 13.6. The van der Waals surface area contributed by atoms with E-state index in [1.807, 2.05) is 4.90 Å². The van der Waals surface area contributed by atoms with Crippen LogP contribution in [0, 0.1) is 5.82 Å². The first-order valence-electron chi connectivity index (χ1n) is 6.98. The van der Waals surface area contributed by atoms with Crippen LogP contribution in [0.2, 0.25) is 5.02 Å². The van der Waals surface area contributed by atoms with Gasteiger partial charge in [-0.1, -0.05) is 11.6 Å². The van der Waals surface area contributed by atoms with Crippen molar-refractivity contribution in [1.82, 2.24) is 4.90 Å². The first kappa shape index (κ1) is 16.2. The number of carbonyl (C=O) groups excluding carboxylic acids is 1. The first-order valence-corrected chi connectivity index (χ1v) is 7.36. The lowest BCUT2D eigenvalue weighted by Gasteiger charge is -2.33. The van der Waals surface area contributed by atoms with Crippen molar-refractivity contribution in [2.45, 2.75) is 38.3 Å². The summed E-state index contributed by atoms with van der Waals surface area (Å²) in [6.07, 6.45) is 1.79. The molecule has 0 spiro atoms. The maximum atomic E-state index is 13.6. The van der Waals surface area contributed by atoms with E-state index in [4.69, 9.17) is 11.6 Å². The molecule has 1 atom stereocenters. The zero-order chi connectivity index (χ0) is 15.6. The van der Waals surface area contributed by atoms with Crippen molar-refractivity contribution in [3.05, 3.63) is 29.0 Å². The smallest absolute Gasteiger partial charge is 0.238 e. The molecule has 4 nitrogen and oxygen atoms in total. The molecular formula is C15H20ClFN2O2. The van der Waals surface area contributed by atoms with Crippen LogP contribution < -0.4 is 5.32 Å². The van der Waals surface area contributed by atoms with Crippen molar-refractivity contribution in [3.63, 3.8) is 0 Å². The number of anilines is 1. The highest BCUT2D eigenvalue weighted by Crippen LogP contribution is 2.26. The number of nitrogens with zero attached hydrogens (tertiary/aromatic N) is 1. The van der Waals surface area contributed by atoms with Crippen LogP contribution in [0.1, 0.15) is 26.7 Å². The van der Waals surface area contributed by atoms with Gasteiger partial charge in [0.1, 0.15) is 5.82 Å². The SMILES string of the molecule is CC(C)(O)C1CCCN1CC(=O)Nc1cc(Cl)ccc1F. The molecule has 0 aromatic heterocycles. The standard InChI is InChI=1S/C15H20ClFN2O2/c1-15(2,21)13-4-3-7-19(13)9-14(20)18-12-8-10(16)5-6-11(12)17/h5-6,8,13,21H,3-4,7,9H2,1-2H3,(H,18,20). The Kier molecular flexibility index (Phi) is 4.86. The lowest BCUT2D eigenvalue weighted by molar-refractivity contribution is -0.118. The van der Waals surface area contributed by atoms with Crippen molar-refractivity contribution in [3.8, 4) is 0 Å². The van der Waals surface area contributed by atoms with Gasteiger partial charge < -0.3 is 10.4 Å². The molecule has 116 valence electrons. The van der Waals surface area contributed by atoms with Gasteiger partial charge in [0.05, 0.1) is 17.8 Å². The molecule has 1 fully saturated rings. The normalized spacial score (nSPS) is 19.8. The molecule has 1 aliphatic rings. The zero-order valence-corrected chi connectivity index (χ0v) is 13.0. The number of aliphatic hydroxyl groups is 1. The second-order valence-corrected chi connectivity index (χ2v) is 6.39. The summed E-state index contributed by atoms with van der Waals surface area (Å²) in [5.41, 5.74) is -0.788. The average molecular weight is 315 g/mol. The Morgan fingerprint density at radius 1 is 1.57 bits per heavy atom. The van der Waals surface area contributed by atoms with Gasteiger partial charge in [0.2, 0.25) is 5.91 Å². The van der Waals surface area contributed by atoms with Crippen LogP contribution in [-0.4, -0.2) is 40.6 Å². The Morgan fingerprint density at radius 2 is 2.29 bits per heavy atom. The number of amides is 1. The first-order chi connectivity index (χ1) is 9.77. The molecule has 1 aromatic carbocycles. The minimum absolute atomic E-state index is 0.0625. The highest BCUT2D eigenvalue weighted by Gasteiger charge is 2.36. The number of benzene rings is 1. The lowest BCUT2D eigenvalue weighted by atomic mass is 9.97. The van der Waals surface area contributed by atoms with Gasteiger partial charge in [-0.3, -0.25) is 9.69 Å². The minimum Gasteiger partial charge on any atom is -0.389 e. The van der Waals surface area contributed by atoms with Gasteiger partial charge in [-0.05, 0) is 51.4 Å². The largest absolute Gasteiger partial charge is 0.389 e.